The van der Waals surface area contributed by atoms with Crippen LogP contribution < -0.4 is 10.6 Å². The van der Waals surface area contributed by atoms with Gasteiger partial charge >= 0.3 is 0 Å². The van der Waals surface area contributed by atoms with Crippen LogP contribution in [-0.4, -0.2) is 375 Å². The molecule has 7 aliphatic heterocycles. The molecule has 0 spiro atoms. The summed E-state index contributed by atoms with van der Waals surface area (Å²) in [5.41, 5.74) is 0. The van der Waals surface area contributed by atoms with Gasteiger partial charge in [-0.1, -0.05) is 13.8 Å². The van der Waals surface area contributed by atoms with Crippen LogP contribution in [0.15, 0.2) is 0 Å². The normalized spacial score (nSPS) is 49.5. The third kappa shape index (κ3) is 15.4. The number of hydrogen-bond donors (Lipinski definition) is 22. The lowest BCUT2D eigenvalue weighted by Gasteiger charge is -2.51. The second-order valence-electron chi connectivity index (χ2n) is 22.4. The zero-order valence-electron chi connectivity index (χ0n) is 46.8. The van der Waals surface area contributed by atoms with Crippen LogP contribution in [0.25, 0.3) is 0 Å². The summed E-state index contributed by atoms with van der Waals surface area (Å²) in [5, 5.41) is 222. The quantitative estimate of drug-likeness (QED) is 0.0479. The van der Waals surface area contributed by atoms with E-state index in [0.29, 0.717) is 0 Å². The van der Waals surface area contributed by atoms with Crippen molar-refractivity contribution in [1.82, 2.24) is 10.6 Å². The van der Waals surface area contributed by atoms with Crippen LogP contribution in [0.2, 0.25) is 0 Å². The molecule has 7 saturated heterocycles. The Morgan fingerprint density at radius 1 is 0.337 bits per heavy atom. The monoisotopic (exact) mass is 1260 g/mol. The smallest absolute Gasteiger partial charge is 0.217 e. The first kappa shape index (κ1) is 71.1. The lowest BCUT2D eigenvalue weighted by molar-refractivity contribution is -0.387. The molecule has 16 unspecified atom stereocenters. The average Bonchev–Trinajstić information content (AvgIpc) is 1.26. The number of aliphatic hydroxyl groups excluding tert-OH is 20. The van der Waals surface area contributed by atoms with E-state index >= 15 is 0 Å². The van der Waals surface area contributed by atoms with E-state index in [2.05, 4.69) is 10.6 Å². The highest BCUT2D eigenvalue weighted by atomic mass is 16.8. The molecule has 0 aromatic rings. The van der Waals surface area contributed by atoms with Crippen LogP contribution in [0.1, 0.15) is 27.7 Å². The van der Waals surface area contributed by atoms with Gasteiger partial charge in [-0.15, -0.1) is 0 Å². The van der Waals surface area contributed by atoms with E-state index in [9.17, 15) is 112 Å². The van der Waals surface area contributed by atoms with Gasteiger partial charge in [-0.25, -0.2) is 0 Å². The van der Waals surface area contributed by atoms with Gasteiger partial charge in [-0.05, 0) is 5.92 Å². The van der Waals surface area contributed by atoms with Crippen molar-refractivity contribution in [2.45, 2.75) is 242 Å². The van der Waals surface area contributed by atoms with Crippen LogP contribution in [0, 0.1) is 5.92 Å². The van der Waals surface area contributed by atoms with Crippen molar-refractivity contribution in [1.29, 1.82) is 0 Å². The molecule has 0 bridgehead atoms. The minimum absolute atomic E-state index is 0.338. The Bertz CT molecular complexity index is 2110. The second kappa shape index (κ2) is 30.8. The van der Waals surface area contributed by atoms with Crippen molar-refractivity contribution in [3.8, 4) is 0 Å². The molecule has 0 aliphatic carbocycles. The number of amides is 2. The first-order chi connectivity index (χ1) is 40.6. The number of nitrogens with one attached hydrogen (secondary N) is 2. The molecule has 0 aromatic heterocycles. The summed E-state index contributed by atoms with van der Waals surface area (Å²) in [4.78, 5) is 25.1. The van der Waals surface area contributed by atoms with Gasteiger partial charge in [-0.2, -0.15) is 0 Å². The summed E-state index contributed by atoms with van der Waals surface area (Å²) in [5.74, 6) is -1.73. The fourth-order valence-electron chi connectivity index (χ4n) is 11.2. The summed E-state index contributed by atoms with van der Waals surface area (Å²) in [6, 6.07) is -2.88. The first-order valence-electron chi connectivity index (χ1n) is 27.9. The van der Waals surface area contributed by atoms with Crippen LogP contribution in [0.3, 0.4) is 0 Å². The molecule has 37 heteroatoms. The van der Waals surface area contributed by atoms with Gasteiger partial charge in [0, 0.05) is 13.8 Å². The molecule has 7 heterocycles. The highest BCUT2D eigenvalue weighted by Gasteiger charge is 2.58. The molecule has 37 nitrogen and oxygen atoms in total. The Balaban J connectivity index is 1.17. The standard InChI is InChI=1S/C49H84N2O35/c1-12(2)39-22(50-13(3)57)29(64)40(18(8-55)76-39)83-44-23(51-14(4)58)30(65)41(19(9-56)80-44)84-49-38(73)43(86-48-36(71)33(68)26(61)17(7-54)79-48)28(63)21(82-49)11-75-46-37(72)42(85-47-35(70)32(67)25(60)16(6-53)78-47)27(62)20(81-46)10-74-45-34(69)31(66)24(59)15(5-52)77-45/h12,15-49,52-56,59-73H,5-11H2,1-4H3,(H,50,57)(H,51,58)/t15?,16-,17-,18?,19?,20?,21?,22-,23-,24+,25+,26+,27+,28+,29+,30+,31-,32?,33?,34+,35?,36?,37+,38+,39?,40+,41+,42-,43-,44?,45?,46?,47?,48?,49?/m0/s1. The minimum atomic E-state index is -2.32. The minimum Gasteiger partial charge on any atom is -0.394 e. The van der Waals surface area contributed by atoms with E-state index in [1.165, 1.54) is 6.92 Å². The predicted octanol–water partition coefficient (Wildman–Crippen LogP) is -14.3. The zero-order chi connectivity index (χ0) is 63.5. The number of ether oxygens (including phenoxy) is 13. The third-order valence-electron chi connectivity index (χ3n) is 16.0. The average molecular weight is 1260 g/mol. The Labute approximate surface area is 489 Å². The second-order valence-corrected chi connectivity index (χ2v) is 22.4. The first-order valence-corrected chi connectivity index (χ1v) is 27.9. The maximum absolute atomic E-state index is 12.8. The summed E-state index contributed by atoms with van der Waals surface area (Å²) in [6.07, 6.45) is -63.0. The van der Waals surface area contributed by atoms with E-state index in [1.807, 2.05) is 0 Å². The van der Waals surface area contributed by atoms with Gasteiger partial charge in [0.1, 0.15) is 165 Å². The summed E-state index contributed by atoms with van der Waals surface area (Å²) in [6.45, 7) is -0.909. The Hall–Kier alpha value is -2.38. The Morgan fingerprint density at radius 2 is 0.640 bits per heavy atom. The van der Waals surface area contributed by atoms with E-state index in [-0.39, 0.29) is 5.92 Å². The maximum atomic E-state index is 12.8. The largest absolute Gasteiger partial charge is 0.394 e. The lowest BCUT2D eigenvalue weighted by Crippen LogP contribution is -2.70. The van der Waals surface area contributed by atoms with Crippen molar-refractivity contribution in [3.63, 3.8) is 0 Å². The van der Waals surface area contributed by atoms with Crippen molar-refractivity contribution in [3.05, 3.63) is 0 Å². The molecule has 0 aromatic carbocycles. The number of carbonyl (C=O) groups excluding carboxylic acids is 2. The van der Waals surface area contributed by atoms with Crippen LogP contribution in [-0.2, 0) is 71.2 Å². The highest BCUT2D eigenvalue weighted by molar-refractivity contribution is 5.73. The third-order valence-corrected chi connectivity index (χ3v) is 16.0. The van der Waals surface area contributed by atoms with E-state index in [0.717, 1.165) is 6.92 Å². The predicted molar refractivity (Wildman–Crippen MR) is 268 cm³/mol. The topological polar surface area (TPSA) is 583 Å². The number of carbonyl (C=O) groups is 2. The molecule has 7 rings (SSSR count). The van der Waals surface area contributed by atoms with Gasteiger partial charge < -0.3 is 174 Å². The molecule has 86 heavy (non-hydrogen) atoms. The van der Waals surface area contributed by atoms with E-state index in [4.69, 9.17) is 61.6 Å². The number of aliphatic hydroxyl groups is 20. The Morgan fingerprint density at radius 3 is 1.06 bits per heavy atom. The van der Waals surface area contributed by atoms with Crippen LogP contribution in [0.5, 0.6) is 0 Å². The van der Waals surface area contributed by atoms with Crippen molar-refractivity contribution in [2.24, 2.45) is 5.92 Å². The van der Waals surface area contributed by atoms with Crippen LogP contribution >= 0.6 is 0 Å². The summed E-state index contributed by atoms with van der Waals surface area (Å²) >= 11 is 0. The number of rotatable bonds is 22. The van der Waals surface area contributed by atoms with Gasteiger partial charge in [0.15, 0.2) is 37.7 Å². The molecule has 22 N–H and O–H groups in total. The van der Waals surface area contributed by atoms with E-state index < -0.39 is 273 Å². The molecule has 0 radical (unpaired) electrons. The molecule has 7 aliphatic rings. The summed E-state index contributed by atoms with van der Waals surface area (Å²) < 4.78 is 75.6. The fourth-order valence-corrected chi connectivity index (χ4v) is 11.2. The molecular formula is C49H84N2O35. The van der Waals surface area contributed by atoms with Crippen molar-refractivity contribution < 1.29 is 173 Å². The van der Waals surface area contributed by atoms with Gasteiger partial charge in [0.25, 0.3) is 0 Å². The fraction of sp³-hybridized carbons (Fsp3) is 0.959. The lowest BCUT2D eigenvalue weighted by atomic mass is 9.87. The van der Waals surface area contributed by atoms with Crippen molar-refractivity contribution in [2.75, 3.05) is 46.2 Å². The summed E-state index contributed by atoms with van der Waals surface area (Å²) in [7, 11) is 0. The molecule has 2 amide bonds. The Kier molecular flexibility index (Phi) is 25.5. The van der Waals surface area contributed by atoms with Gasteiger partial charge in [0.05, 0.1) is 58.4 Å². The number of hydrogen-bond acceptors (Lipinski definition) is 35. The van der Waals surface area contributed by atoms with Crippen molar-refractivity contribution >= 4 is 11.8 Å². The maximum Gasteiger partial charge on any atom is 0.217 e. The molecule has 0 saturated carbocycles. The molecular weight excluding hydrogens is 1180 g/mol. The zero-order valence-corrected chi connectivity index (χ0v) is 46.8. The van der Waals surface area contributed by atoms with Gasteiger partial charge in [-0.3, -0.25) is 9.59 Å². The van der Waals surface area contributed by atoms with E-state index in [1.54, 1.807) is 13.8 Å². The molecule has 7 fully saturated rings. The molecule has 500 valence electrons. The molecule has 35 atom stereocenters. The SMILES string of the molecule is CC(=O)N[C@@H]1C(O[C@@H]2C(CO)OC(C(C)C)[C@@H](NC(C)=O)[C@H]2O)OC(CO)[C@@H](OC2OC(COC3OC(COC4OC(CO)[C@@H](O)[C@H](O)[C@H]4O)[C@@H](O)[C@H](OC4O[C@@H](CO)[C@@H](O)C(O)C4O)[C@H]3O)[C@@H](O)[C@H](OC3O[C@@H](CO)[C@@H](O)C(O)C3O)[C@H]2O)[C@@H]1O. The van der Waals surface area contributed by atoms with Gasteiger partial charge in [0.2, 0.25) is 11.8 Å². The highest BCUT2D eigenvalue weighted by Crippen LogP contribution is 2.37. The van der Waals surface area contributed by atoms with Crippen LogP contribution in [0.4, 0.5) is 0 Å².